The van der Waals surface area contributed by atoms with E-state index in [1.807, 2.05) is 0 Å². The van der Waals surface area contributed by atoms with Gasteiger partial charge in [0, 0.05) is 20.7 Å². The van der Waals surface area contributed by atoms with Gasteiger partial charge in [0.15, 0.2) is 6.61 Å². The van der Waals surface area contributed by atoms with E-state index in [0.29, 0.717) is 30.9 Å². The first kappa shape index (κ1) is 25.6. The monoisotopic (exact) mass is 631 g/mol. The highest BCUT2D eigenvalue weighted by atomic mass is 79.9. The van der Waals surface area contributed by atoms with Crippen molar-refractivity contribution in [2.45, 2.75) is 0 Å². The first-order chi connectivity index (χ1) is 17.2. The minimum absolute atomic E-state index is 0.223. The number of rotatable bonds is 6. The number of hydrogen-bond donors (Lipinski definition) is 2. The van der Waals surface area contributed by atoms with Crippen LogP contribution in [0.2, 0.25) is 5.02 Å². The van der Waals surface area contributed by atoms with Gasteiger partial charge in [0.05, 0.1) is 10.2 Å². The van der Waals surface area contributed by atoms with Crippen LogP contribution in [0.15, 0.2) is 81.2 Å². The molecule has 0 spiro atoms. The van der Waals surface area contributed by atoms with Gasteiger partial charge in [-0.15, -0.1) is 0 Å². The summed E-state index contributed by atoms with van der Waals surface area (Å²) in [6.45, 7) is -0.353. The SMILES string of the molecule is O=C(COc1c(Br)cc(Br)cc1/C=C1/C(=O)NC(=O)N(c2ccccc2)C1=O)Nc1ccc(Cl)cc1. The molecule has 2 N–H and O–H groups in total. The first-order valence-electron chi connectivity index (χ1n) is 10.4. The number of carbonyl (C=O) groups is 4. The van der Waals surface area contributed by atoms with Crippen LogP contribution in [0.25, 0.3) is 6.08 Å². The van der Waals surface area contributed by atoms with Crippen molar-refractivity contribution in [2.75, 3.05) is 16.8 Å². The van der Waals surface area contributed by atoms with Crippen LogP contribution in [0.1, 0.15) is 5.56 Å². The summed E-state index contributed by atoms with van der Waals surface area (Å²) >= 11 is 12.6. The van der Waals surface area contributed by atoms with Gasteiger partial charge in [-0.05, 0) is 70.5 Å². The molecule has 0 unspecified atom stereocenters. The summed E-state index contributed by atoms with van der Waals surface area (Å²) in [5.41, 5.74) is 0.903. The summed E-state index contributed by atoms with van der Waals surface area (Å²) < 4.78 is 6.85. The maximum absolute atomic E-state index is 13.2. The van der Waals surface area contributed by atoms with Crippen molar-refractivity contribution in [3.05, 3.63) is 91.8 Å². The number of amides is 5. The van der Waals surface area contributed by atoms with Crippen LogP contribution in [0.3, 0.4) is 0 Å². The van der Waals surface area contributed by atoms with Crippen molar-refractivity contribution >= 4 is 84.7 Å². The lowest BCUT2D eigenvalue weighted by atomic mass is 10.1. The second kappa shape index (κ2) is 11.1. The number of benzene rings is 3. The fraction of sp³-hybridized carbons (Fsp3) is 0.0400. The highest BCUT2D eigenvalue weighted by Gasteiger charge is 2.37. The molecule has 1 heterocycles. The Morgan fingerprint density at radius 3 is 2.42 bits per heavy atom. The normalized spacial score (nSPS) is 14.6. The second-order valence-corrected chi connectivity index (χ2v) is 9.65. The van der Waals surface area contributed by atoms with E-state index in [2.05, 4.69) is 42.5 Å². The molecular weight excluding hydrogens is 618 g/mol. The average molecular weight is 634 g/mol. The largest absolute Gasteiger partial charge is 0.482 e. The third-order valence-electron chi connectivity index (χ3n) is 4.93. The van der Waals surface area contributed by atoms with Gasteiger partial charge in [-0.3, -0.25) is 19.7 Å². The molecule has 1 saturated heterocycles. The Bertz CT molecular complexity index is 1390. The van der Waals surface area contributed by atoms with Crippen molar-refractivity contribution in [1.29, 1.82) is 0 Å². The van der Waals surface area contributed by atoms with E-state index in [-0.39, 0.29) is 17.9 Å². The maximum atomic E-state index is 13.2. The lowest BCUT2D eigenvalue weighted by molar-refractivity contribution is -0.122. The van der Waals surface area contributed by atoms with Crippen molar-refractivity contribution in [3.63, 3.8) is 0 Å². The number of urea groups is 1. The standard InChI is InChI=1S/C25H16Br2ClN3O5/c26-15-10-14(11-19-23(33)30-25(35)31(24(19)34)18-4-2-1-3-5-18)22(20(27)12-15)36-13-21(32)29-17-8-6-16(28)7-9-17/h1-12H,13H2,(H,29,32)(H,30,33,35)/b19-11-. The van der Waals surface area contributed by atoms with Gasteiger partial charge in [0.2, 0.25) is 0 Å². The molecule has 3 aromatic carbocycles. The highest BCUT2D eigenvalue weighted by Crippen LogP contribution is 2.35. The molecule has 36 heavy (non-hydrogen) atoms. The highest BCUT2D eigenvalue weighted by molar-refractivity contribution is 9.11. The minimum atomic E-state index is -0.848. The smallest absolute Gasteiger partial charge is 0.335 e. The summed E-state index contributed by atoms with van der Waals surface area (Å²) in [5.74, 6) is -1.85. The Kier molecular flexibility index (Phi) is 7.88. The van der Waals surface area contributed by atoms with Crippen molar-refractivity contribution in [1.82, 2.24) is 5.32 Å². The number of imide groups is 2. The molecule has 0 aromatic heterocycles. The van der Waals surface area contributed by atoms with Gasteiger partial charge in [-0.25, -0.2) is 9.69 Å². The van der Waals surface area contributed by atoms with Gasteiger partial charge in [-0.1, -0.05) is 45.7 Å². The van der Waals surface area contributed by atoms with E-state index in [1.54, 1.807) is 66.7 Å². The zero-order chi connectivity index (χ0) is 25.8. The molecule has 1 aliphatic rings. The Labute approximate surface area is 227 Å². The van der Waals surface area contributed by atoms with Crippen LogP contribution in [0.5, 0.6) is 5.75 Å². The lowest BCUT2D eigenvalue weighted by Crippen LogP contribution is -2.54. The molecule has 0 bridgehead atoms. The predicted molar refractivity (Wildman–Crippen MR) is 143 cm³/mol. The molecule has 1 aliphatic heterocycles. The average Bonchev–Trinajstić information content (AvgIpc) is 2.83. The molecule has 3 aromatic rings. The zero-order valence-electron chi connectivity index (χ0n) is 18.3. The third kappa shape index (κ3) is 5.84. The van der Waals surface area contributed by atoms with Crippen molar-refractivity contribution < 1.29 is 23.9 Å². The second-order valence-electron chi connectivity index (χ2n) is 7.44. The van der Waals surface area contributed by atoms with E-state index < -0.39 is 23.8 Å². The molecule has 11 heteroatoms. The fourth-order valence-electron chi connectivity index (χ4n) is 3.33. The summed E-state index contributed by atoms with van der Waals surface area (Å²) in [6.07, 6.45) is 1.31. The lowest BCUT2D eigenvalue weighted by Gasteiger charge is -2.26. The van der Waals surface area contributed by atoms with E-state index in [4.69, 9.17) is 16.3 Å². The molecule has 0 aliphatic carbocycles. The van der Waals surface area contributed by atoms with Crippen LogP contribution in [-0.2, 0) is 14.4 Å². The fourth-order valence-corrected chi connectivity index (χ4v) is 4.83. The zero-order valence-corrected chi connectivity index (χ0v) is 22.2. The number of halogens is 3. The third-order valence-corrected chi connectivity index (χ3v) is 6.23. The number of nitrogens with zero attached hydrogens (tertiary/aromatic N) is 1. The Morgan fingerprint density at radius 1 is 1.03 bits per heavy atom. The van der Waals surface area contributed by atoms with Crippen LogP contribution in [-0.4, -0.2) is 30.4 Å². The summed E-state index contributed by atoms with van der Waals surface area (Å²) in [5, 5.41) is 5.41. The molecule has 0 saturated carbocycles. The topological polar surface area (TPSA) is 105 Å². The minimum Gasteiger partial charge on any atom is -0.482 e. The van der Waals surface area contributed by atoms with Gasteiger partial charge >= 0.3 is 6.03 Å². The van der Waals surface area contributed by atoms with Gasteiger partial charge in [-0.2, -0.15) is 0 Å². The van der Waals surface area contributed by atoms with Gasteiger partial charge in [0.1, 0.15) is 11.3 Å². The molecule has 182 valence electrons. The van der Waals surface area contributed by atoms with E-state index in [9.17, 15) is 19.2 Å². The number of para-hydroxylation sites is 1. The van der Waals surface area contributed by atoms with Crippen LogP contribution >= 0.6 is 43.5 Å². The predicted octanol–water partition coefficient (Wildman–Crippen LogP) is 5.55. The van der Waals surface area contributed by atoms with Crippen LogP contribution in [0.4, 0.5) is 16.2 Å². The Morgan fingerprint density at radius 2 is 1.72 bits per heavy atom. The molecule has 0 radical (unpaired) electrons. The number of anilines is 2. The Hall–Kier alpha value is -3.47. The summed E-state index contributed by atoms with van der Waals surface area (Å²) in [7, 11) is 0. The molecule has 5 amide bonds. The van der Waals surface area contributed by atoms with Crippen LogP contribution in [0, 0.1) is 0 Å². The number of hydrogen-bond acceptors (Lipinski definition) is 5. The van der Waals surface area contributed by atoms with Crippen molar-refractivity contribution in [3.8, 4) is 5.75 Å². The molecule has 1 fully saturated rings. The molecule has 4 rings (SSSR count). The summed E-state index contributed by atoms with van der Waals surface area (Å²) in [4.78, 5) is 51.4. The van der Waals surface area contributed by atoms with Gasteiger partial charge in [0.25, 0.3) is 17.7 Å². The van der Waals surface area contributed by atoms with Crippen LogP contribution < -0.4 is 20.3 Å². The number of nitrogens with one attached hydrogen (secondary N) is 2. The van der Waals surface area contributed by atoms with E-state index in [0.717, 1.165) is 4.90 Å². The van der Waals surface area contributed by atoms with Crippen molar-refractivity contribution in [2.24, 2.45) is 0 Å². The first-order valence-corrected chi connectivity index (χ1v) is 12.3. The van der Waals surface area contributed by atoms with Gasteiger partial charge < -0.3 is 10.1 Å². The number of carbonyl (C=O) groups excluding carboxylic acids is 4. The van der Waals surface area contributed by atoms with E-state index >= 15 is 0 Å². The quantitative estimate of drug-likeness (QED) is 0.274. The number of barbiturate groups is 1. The number of ether oxygens (including phenoxy) is 1. The summed E-state index contributed by atoms with van der Waals surface area (Å²) in [6, 6.07) is 17.3. The van der Waals surface area contributed by atoms with E-state index in [1.165, 1.54) is 6.08 Å². The Balaban J connectivity index is 1.61. The molecule has 0 atom stereocenters. The maximum Gasteiger partial charge on any atom is 0.335 e. The molecule has 8 nitrogen and oxygen atoms in total. The molecular formula is C25H16Br2ClN3O5.